The molecule has 4 heteroatoms. The second-order valence-corrected chi connectivity index (χ2v) is 8.66. The van der Waals surface area contributed by atoms with Gasteiger partial charge in [0.1, 0.15) is 11.7 Å². The summed E-state index contributed by atoms with van der Waals surface area (Å²) in [5.74, 6) is 0. The molecule has 1 atom stereocenters. The molecule has 1 unspecified atom stereocenters. The molecular formula is C25H44N4. The van der Waals surface area contributed by atoms with Crippen LogP contribution < -0.4 is 0 Å². The molecule has 0 aliphatic heterocycles. The largest absolute Gasteiger partial charge is 0.285 e. The Hall–Kier alpha value is -1.42. The number of unbranched alkanes of at least 4 members (excludes halogenated alkanes) is 11. The predicted octanol–water partition coefficient (Wildman–Crippen LogP) is 7.36. The number of para-hydroxylation sites is 1. The molecule has 0 radical (unpaired) electrons. The number of rotatable bonds is 17. The van der Waals surface area contributed by atoms with E-state index in [0.717, 1.165) is 24.0 Å². The Morgan fingerprint density at radius 1 is 0.793 bits per heavy atom. The lowest BCUT2D eigenvalue weighted by atomic mass is 10.0. The van der Waals surface area contributed by atoms with Crippen LogP contribution in [0.25, 0.3) is 11.0 Å². The highest BCUT2D eigenvalue weighted by molar-refractivity contribution is 5.73. The Balaban J connectivity index is 1.80. The molecule has 0 amide bonds. The molecule has 0 saturated carbocycles. The van der Waals surface area contributed by atoms with Gasteiger partial charge >= 0.3 is 0 Å². The summed E-state index contributed by atoms with van der Waals surface area (Å²) in [6, 6.07) is 8.36. The van der Waals surface area contributed by atoms with E-state index in [9.17, 15) is 0 Å². The number of hydrogen-bond donors (Lipinski definition) is 0. The molecule has 2 aromatic rings. The van der Waals surface area contributed by atoms with Crippen LogP contribution in [0.4, 0.5) is 0 Å². The quantitative estimate of drug-likeness (QED) is 0.260. The summed E-state index contributed by atoms with van der Waals surface area (Å²) in [7, 11) is 2.26. The van der Waals surface area contributed by atoms with Crippen molar-refractivity contribution in [2.75, 3.05) is 13.6 Å². The number of fused-ring (bicyclic) bond motifs is 1. The second kappa shape index (κ2) is 14.5. The minimum absolute atomic E-state index is 0.313. The van der Waals surface area contributed by atoms with E-state index in [1.807, 2.05) is 6.07 Å². The third-order valence-electron chi connectivity index (χ3n) is 6.10. The van der Waals surface area contributed by atoms with E-state index in [1.54, 1.807) is 0 Å². The summed E-state index contributed by atoms with van der Waals surface area (Å²) in [5.41, 5.74) is 2.16. The number of nitrogens with zero attached hydrogens (tertiary/aromatic N) is 4. The fourth-order valence-corrected chi connectivity index (χ4v) is 4.21. The fraction of sp³-hybridized carbons (Fsp3) is 0.760. The van der Waals surface area contributed by atoms with Gasteiger partial charge in [0, 0.05) is 0 Å². The standard InChI is InChI=1S/C25H44N4/c1-4-6-8-9-10-11-12-13-14-15-21-25(28(3)22-18-7-5-2)29-24-20-17-16-19-23(24)26-27-29/h16-17,19-20,25H,4-15,18,21-22H2,1-3H3. The van der Waals surface area contributed by atoms with Gasteiger partial charge in [-0.25, -0.2) is 4.68 Å². The summed E-state index contributed by atoms with van der Waals surface area (Å²) < 4.78 is 2.16. The monoisotopic (exact) mass is 400 g/mol. The highest BCUT2D eigenvalue weighted by Crippen LogP contribution is 2.24. The number of hydrogen-bond acceptors (Lipinski definition) is 3. The lowest BCUT2D eigenvalue weighted by Gasteiger charge is -2.28. The molecule has 164 valence electrons. The Morgan fingerprint density at radius 3 is 2.07 bits per heavy atom. The summed E-state index contributed by atoms with van der Waals surface area (Å²) in [4.78, 5) is 2.49. The molecule has 0 spiro atoms. The van der Waals surface area contributed by atoms with Crippen molar-refractivity contribution in [2.45, 2.75) is 110 Å². The first-order valence-electron chi connectivity index (χ1n) is 12.3. The molecule has 1 heterocycles. The average Bonchev–Trinajstić information content (AvgIpc) is 3.16. The third-order valence-corrected chi connectivity index (χ3v) is 6.10. The van der Waals surface area contributed by atoms with Crippen molar-refractivity contribution in [2.24, 2.45) is 0 Å². The van der Waals surface area contributed by atoms with E-state index in [4.69, 9.17) is 0 Å². The van der Waals surface area contributed by atoms with Crippen LogP contribution in [0.15, 0.2) is 24.3 Å². The van der Waals surface area contributed by atoms with Crippen molar-refractivity contribution in [1.82, 2.24) is 19.9 Å². The second-order valence-electron chi connectivity index (χ2n) is 8.66. The van der Waals surface area contributed by atoms with Crippen molar-refractivity contribution in [3.63, 3.8) is 0 Å². The predicted molar refractivity (Wildman–Crippen MR) is 125 cm³/mol. The fourth-order valence-electron chi connectivity index (χ4n) is 4.21. The lowest BCUT2D eigenvalue weighted by Crippen LogP contribution is -2.31. The maximum absolute atomic E-state index is 4.53. The van der Waals surface area contributed by atoms with Crippen molar-refractivity contribution in [1.29, 1.82) is 0 Å². The van der Waals surface area contributed by atoms with Gasteiger partial charge in [-0.1, -0.05) is 102 Å². The van der Waals surface area contributed by atoms with Crippen LogP contribution >= 0.6 is 0 Å². The molecule has 0 fully saturated rings. The smallest absolute Gasteiger partial charge is 0.113 e. The van der Waals surface area contributed by atoms with Gasteiger partial charge in [-0.2, -0.15) is 0 Å². The molecule has 29 heavy (non-hydrogen) atoms. The molecular weight excluding hydrogens is 356 g/mol. The maximum Gasteiger partial charge on any atom is 0.113 e. The van der Waals surface area contributed by atoms with Gasteiger partial charge in [-0.3, -0.25) is 4.90 Å². The van der Waals surface area contributed by atoms with E-state index < -0.39 is 0 Å². The number of benzene rings is 1. The van der Waals surface area contributed by atoms with Gasteiger partial charge in [0.2, 0.25) is 0 Å². The molecule has 1 aromatic carbocycles. The van der Waals surface area contributed by atoms with Gasteiger partial charge in [0.05, 0.1) is 5.52 Å². The minimum Gasteiger partial charge on any atom is -0.285 e. The van der Waals surface area contributed by atoms with Crippen molar-refractivity contribution < 1.29 is 0 Å². The zero-order chi connectivity index (χ0) is 20.7. The third kappa shape index (κ3) is 8.46. The van der Waals surface area contributed by atoms with E-state index in [1.165, 1.54) is 83.5 Å². The van der Waals surface area contributed by atoms with Crippen LogP contribution in [0.3, 0.4) is 0 Å². The lowest BCUT2D eigenvalue weighted by molar-refractivity contribution is 0.147. The van der Waals surface area contributed by atoms with E-state index in [0.29, 0.717) is 6.17 Å². The summed E-state index contributed by atoms with van der Waals surface area (Å²) in [6.45, 7) is 5.69. The first-order valence-corrected chi connectivity index (χ1v) is 12.3. The molecule has 4 nitrogen and oxygen atoms in total. The van der Waals surface area contributed by atoms with Crippen LogP contribution in [-0.4, -0.2) is 33.5 Å². The molecule has 0 aliphatic rings. The van der Waals surface area contributed by atoms with Crippen molar-refractivity contribution in [3.8, 4) is 0 Å². The molecule has 1 aromatic heterocycles. The highest BCUT2D eigenvalue weighted by atomic mass is 15.5. The minimum atomic E-state index is 0.313. The Morgan fingerprint density at radius 2 is 1.38 bits per heavy atom. The topological polar surface area (TPSA) is 34.0 Å². The molecule has 0 bridgehead atoms. The zero-order valence-electron chi connectivity index (χ0n) is 19.3. The Bertz CT molecular complexity index is 651. The summed E-state index contributed by atoms with van der Waals surface area (Å²) in [5, 5.41) is 8.94. The SMILES string of the molecule is CCCCCCCCCCCCC(N(C)CCCCC)n1nnc2ccccc21. The van der Waals surface area contributed by atoms with Crippen LogP contribution in [-0.2, 0) is 0 Å². The first kappa shape index (κ1) is 23.9. The Kier molecular flexibility index (Phi) is 12.0. The van der Waals surface area contributed by atoms with E-state index >= 15 is 0 Å². The van der Waals surface area contributed by atoms with Gasteiger partial charge in [-0.05, 0) is 45.0 Å². The van der Waals surface area contributed by atoms with E-state index in [-0.39, 0.29) is 0 Å². The van der Waals surface area contributed by atoms with Gasteiger partial charge in [-0.15, -0.1) is 5.10 Å². The molecule has 2 rings (SSSR count). The van der Waals surface area contributed by atoms with Gasteiger partial charge in [0.25, 0.3) is 0 Å². The van der Waals surface area contributed by atoms with E-state index in [2.05, 4.69) is 59.0 Å². The van der Waals surface area contributed by atoms with Gasteiger partial charge in [0.15, 0.2) is 0 Å². The van der Waals surface area contributed by atoms with Crippen LogP contribution in [0.1, 0.15) is 110 Å². The molecule has 0 saturated heterocycles. The first-order chi connectivity index (χ1) is 14.3. The molecule has 0 N–H and O–H groups in total. The summed E-state index contributed by atoms with van der Waals surface area (Å²) in [6.07, 6.45) is 19.1. The zero-order valence-corrected chi connectivity index (χ0v) is 19.3. The average molecular weight is 401 g/mol. The van der Waals surface area contributed by atoms with Crippen molar-refractivity contribution in [3.05, 3.63) is 24.3 Å². The van der Waals surface area contributed by atoms with Gasteiger partial charge < -0.3 is 0 Å². The number of aromatic nitrogens is 3. The van der Waals surface area contributed by atoms with Crippen LogP contribution in [0.5, 0.6) is 0 Å². The summed E-state index contributed by atoms with van der Waals surface area (Å²) >= 11 is 0. The molecule has 0 aliphatic carbocycles. The van der Waals surface area contributed by atoms with Crippen molar-refractivity contribution >= 4 is 11.0 Å². The normalized spacial score (nSPS) is 12.8. The van der Waals surface area contributed by atoms with Crippen LogP contribution in [0.2, 0.25) is 0 Å². The highest BCUT2D eigenvalue weighted by Gasteiger charge is 2.19. The van der Waals surface area contributed by atoms with Crippen LogP contribution in [0, 0.1) is 0 Å². The maximum atomic E-state index is 4.53. The Labute approximate surface area is 179 Å².